The zero-order valence-electron chi connectivity index (χ0n) is 17.5. The van der Waals surface area contributed by atoms with E-state index in [1.54, 1.807) is 36.3 Å². The van der Waals surface area contributed by atoms with Gasteiger partial charge in [-0.25, -0.2) is 0 Å². The van der Waals surface area contributed by atoms with Crippen molar-refractivity contribution in [3.05, 3.63) is 84.3 Å². The number of hydrogen-bond donors (Lipinski definition) is 1. The maximum absolute atomic E-state index is 12.7. The summed E-state index contributed by atoms with van der Waals surface area (Å²) in [6.45, 7) is 2.24. The molecule has 31 heavy (non-hydrogen) atoms. The smallest absolute Gasteiger partial charge is 0.255 e. The lowest BCUT2D eigenvalue weighted by Crippen LogP contribution is -2.23. The molecule has 2 aromatic heterocycles. The van der Waals surface area contributed by atoms with E-state index in [2.05, 4.69) is 10.3 Å². The molecular formula is C25H23N3O3. The van der Waals surface area contributed by atoms with Crippen LogP contribution in [0.4, 0.5) is 0 Å². The highest BCUT2D eigenvalue weighted by molar-refractivity contribution is 5.98. The van der Waals surface area contributed by atoms with Gasteiger partial charge in [0.15, 0.2) is 0 Å². The number of nitrogens with zero attached hydrogens (tertiary/aromatic N) is 2. The topological polar surface area (TPSA) is 73.2 Å². The highest BCUT2D eigenvalue weighted by atomic mass is 16.5. The molecule has 0 saturated carbocycles. The molecule has 4 aromatic rings. The van der Waals surface area contributed by atoms with Crippen LogP contribution in [0.5, 0.6) is 5.75 Å². The largest absolute Gasteiger partial charge is 0.496 e. The molecule has 0 aliphatic carbocycles. The molecule has 0 bridgehead atoms. The van der Waals surface area contributed by atoms with E-state index in [-0.39, 0.29) is 11.8 Å². The lowest BCUT2D eigenvalue weighted by molar-refractivity contribution is 0.0912. The SMILES string of the molecule is CCC(=O)n1ccc2cc(-c3ccc(C(=O)NCc4cccnc4)c(OC)c3)ccc21. The van der Waals surface area contributed by atoms with Crippen LogP contribution in [0.1, 0.15) is 34.1 Å². The molecule has 2 aromatic carbocycles. The third kappa shape index (κ3) is 4.19. The maximum Gasteiger partial charge on any atom is 0.255 e. The molecule has 156 valence electrons. The predicted octanol–water partition coefficient (Wildman–Crippen LogP) is 4.69. The first kappa shape index (κ1) is 20.3. The second kappa shape index (κ2) is 8.83. The fourth-order valence-corrected chi connectivity index (χ4v) is 3.55. The average molecular weight is 413 g/mol. The van der Waals surface area contributed by atoms with E-state index in [1.807, 2.05) is 55.5 Å². The Morgan fingerprint density at radius 2 is 1.87 bits per heavy atom. The zero-order valence-corrected chi connectivity index (χ0v) is 17.5. The third-order valence-corrected chi connectivity index (χ3v) is 5.22. The number of methoxy groups -OCH3 is 1. The summed E-state index contributed by atoms with van der Waals surface area (Å²) >= 11 is 0. The van der Waals surface area contributed by atoms with E-state index in [0.29, 0.717) is 24.3 Å². The van der Waals surface area contributed by atoms with E-state index in [9.17, 15) is 9.59 Å². The second-order valence-corrected chi connectivity index (χ2v) is 7.17. The number of amides is 1. The van der Waals surface area contributed by atoms with Gasteiger partial charge >= 0.3 is 0 Å². The van der Waals surface area contributed by atoms with Crippen molar-refractivity contribution in [2.24, 2.45) is 0 Å². The Labute approximate surface area is 180 Å². The second-order valence-electron chi connectivity index (χ2n) is 7.17. The summed E-state index contributed by atoms with van der Waals surface area (Å²) in [6.07, 6.45) is 5.67. The summed E-state index contributed by atoms with van der Waals surface area (Å²) < 4.78 is 7.17. The van der Waals surface area contributed by atoms with Crippen LogP contribution in [-0.2, 0) is 6.54 Å². The summed E-state index contributed by atoms with van der Waals surface area (Å²) in [6, 6.07) is 17.1. The highest BCUT2D eigenvalue weighted by Gasteiger charge is 2.14. The summed E-state index contributed by atoms with van der Waals surface area (Å²) in [5, 5.41) is 3.88. The van der Waals surface area contributed by atoms with Crippen molar-refractivity contribution < 1.29 is 14.3 Å². The van der Waals surface area contributed by atoms with Gasteiger partial charge in [0, 0.05) is 36.9 Å². The van der Waals surface area contributed by atoms with Crippen molar-refractivity contribution in [3.63, 3.8) is 0 Å². The molecule has 0 saturated heterocycles. The Bertz CT molecular complexity index is 1250. The summed E-state index contributed by atoms with van der Waals surface area (Å²) in [7, 11) is 1.55. The molecular weight excluding hydrogens is 390 g/mol. The van der Waals surface area contributed by atoms with Gasteiger partial charge in [0.25, 0.3) is 5.91 Å². The van der Waals surface area contributed by atoms with Gasteiger partial charge in [-0.3, -0.25) is 19.1 Å². The molecule has 2 heterocycles. The van der Waals surface area contributed by atoms with Crippen molar-refractivity contribution in [2.45, 2.75) is 19.9 Å². The van der Waals surface area contributed by atoms with Gasteiger partial charge in [-0.05, 0) is 53.1 Å². The van der Waals surface area contributed by atoms with E-state index in [0.717, 1.165) is 27.6 Å². The number of ether oxygens (including phenoxy) is 1. The van der Waals surface area contributed by atoms with Gasteiger partial charge in [0.2, 0.25) is 5.91 Å². The van der Waals surface area contributed by atoms with Crippen LogP contribution in [0.15, 0.2) is 73.2 Å². The van der Waals surface area contributed by atoms with Crippen LogP contribution < -0.4 is 10.1 Å². The number of carbonyl (C=O) groups excluding carboxylic acids is 2. The Morgan fingerprint density at radius 3 is 2.61 bits per heavy atom. The molecule has 6 nitrogen and oxygen atoms in total. The molecule has 0 spiro atoms. The summed E-state index contributed by atoms with van der Waals surface area (Å²) in [4.78, 5) is 28.8. The van der Waals surface area contributed by atoms with Crippen LogP contribution in [0.25, 0.3) is 22.0 Å². The predicted molar refractivity (Wildman–Crippen MR) is 120 cm³/mol. The molecule has 6 heteroatoms. The summed E-state index contributed by atoms with van der Waals surface area (Å²) in [5.74, 6) is 0.351. The number of carbonyl (C=O) groups is 2. The lowest BCUT2D eigenvalue weighted by atomic mass is 10.0. The number of nitrogens with one attached hydrogen (secondary N) is 1. The van der Waals surface area contributed by atoms with Crippen LogP contribution >= 0.6 is 0 Å². The minimum absolute atomic E-state index is 0.0612. The number of hydrogen-bond acceptors (Lipinski definition) is 4. The van der Waals surface area contributed by atoms with Gasteiger partial charge in [0.1, 0.15) is 5.75 Å². The standard InChI is InChI=1S/C25H23N3O3/c1-3-24(29)28-12-10-20-13-18(7-9-22(20)28)19-6-8-21(23(14-19)31-2)25(30)27-16-17-5-4-11-26-15-17/h4-15H,3,16H2,1-2H3,(H,27,30). The molecule has 1 amide bonds. The number of fused-ring (bicyclic) bond motifs is 1. The van der Waals surface area contributed by atoms with Gasteiger partial charge in [-0.2, -0.15) is 0 Å². The average Bonchev–Trinajstić information content (AvgIpc) is 3.25. The highest BCUT2D eigenvalue weighted by Crippen LogP contribution is 2.30. The fourth-order valence-electron chi connectivity index (χ4n) is 3.55. The normalized spacial score (nSPS) is 10.8. The van der Waals surface area contributed by atoms with Crippen LogP contribution in [-0.4, -0.2) is 28.5 Å². The maximum atomic E-state index is 12.7. The Morgan fingerprint density at radius 1 is 1.06 bits per heavy atom. The van der Waals surface area contributed by atoms with Crippen molar-refractivity contribution in [1.82, 2.24) is 14.9 Å². The Balaban J connectivity index is 1.59. The third-order valence-electron chi connectivity index (χ3n) is 5.22. The minimum Gasteiger partial charge on any atom is -0.496 e. The van der Waals surface area contributed by atoms with Crippen molar-refractivity contribution in [3.8, 4) is 16.9 Å². The number of pyridine rings is 1. The van der Waals surface area contributed by atoms with Crippen LogP contribution in [0, 0.1) is 0 Å². The summed E-state index contributed by atoms with van der Waals surface area (Å²) in [5.41, 5.74) is 4.19. The first-order chi connectivity index (χ1) is 15.1. The van der Waals surface area contributed by atoms with E-state index >= 15 is 0 Å². The van der Waals surface area contributed by atoms with Gasteiger partial charge in [0.05, 0.1) is 18.2 Å². The molecule has 0 fully saturated rings. The fraction of sp³-hybridized carbons (Fsp3) is 0.160. The molecule has 1 N–H and O–H groups in total. The van der Waals surface area contributed by atoms with Crippen molar-refractivity contribution >= 4 is 22.7 Å². The number of rotatable bonds is 6. The molecule has 4 rings (SSSR count). The van der Waals surface area contributed by atoms with Crippen molar-refractivity contribution in [1.29, 1.82) is 0 Å². The molecule has 0 radical (unpaired) electrons. The lowest BCUT2D eigenvalue weighted by Gasteiger charge is -2.12. The monoisotopic (exact) mass is 413 g/mol. The zero-order chi connectivity index (χ0) is 21.8. The number of benzene rings is 2. The first-order valence-electron chi connectivity index (χ1n) is 10.1. The van der Waals surface area contributed by atoms with Crippen molar-refractivity contribution in [2.75, 3.05) is 7.11 Å². The van der Waals surface area contributed by atoms with Crippen LogP contribution in [0.3, 0.4) is 0 Å². The Hall–Kier alpha value is -3.93. The molecule has 0 unspecified atom stereocenters. The van der Waals surface area contributed by atoms with E-state index < -0.39 is 0 Å². The van der Waals surface area contributed by atoms with Gasteiger partial charge in [-0.15, -0.1) is 0 Å². The van der Waals surface area contributed by atoms with Crippen LogP contribution in [0.2, 0.25) is 0 Å². The first-order valence-corrected chi connectivity index (χ1v) is 10.1. The minimum atomic E-state index is -0.210. The van der Waals surface area contributed by atoms with Gasteiger partial charge < -0.3 is 10.1 Å². The van der Waals surface area contributed by atoms with Gasteiger partial charge in [-0.1, -0.05) is 25.1 Å². The Kier molecular flexibility index (Phi) is 5.80. The molecule has 0 aliphatic rings. The number of aromatic nitrogens is 2. The van der Waals surface area contributed by atoms with E-state index in [1.165, 1.54) is 0 Å². The van der Waals surface area contributed by atoms with E-state index in [4.69, 9.17) is 4.74 Å². The molecule has 0 atom stereocenters. The quantitative estimate of drug-likeness (QED) is 0.498. The molecule has 0 aliphatic heterocycles.